The SMILES string of the molecule is O=C(Nc1ccccc1)c1cccc(S(=O)(=O)NCC23CC4CC(CC(C4)C2)C3)c1. The normalized spacial score (nSPS) is 29.7. The van der Waals surface area contributed by atoms with Crippen LogP contribution in [0.5, 0.6) is 0 Å². The van der Waals surface area contributed by atoms with Gasteiger partial charge in [-0.05, 0) is 92.0 Å². The Morgan fingerprint density at radius 1 is 0.900 bits per heavy atom. The molecule has 30 heavy (non-hydrogen) atoms. The van der Waals surface area contributed by atoms with Gasteiger partial charge in [0.05, 0.1) is 4.90 Å². The third kappa shape index (κ3) is 3.91. The number of hydrogen-bond acceptors (Lipinski definition) is 3. The summed E-state index contributed by atoms with van der Waals surface area (Å²) in [5, 5.41) is 2.80. The van der Waals surface area contributed by atoms with E-state index in [1.165, 1.54) is 25.3 Å². The Morgan fingerprint density at radius 3 is 2.17 bits per heavy atom. The molecule has 2 aromatic carbocycles. The summed E-state index contributed by atoms with van der Waals surface area (Å²) < 4.78 is 28.9. The largest absolute Gasteiger partial charge is 0.322 e. The van der Waals surface area contributed by atoms with Gasteiger partial charge < -0.3 is 5.32 Å². The van der Waals surface area contributed by atoms with Crippen molar-refractivity contribution in [3.63, 3.8) is 0 Å². The molecule has 4 fully saturated rings. The quantitative estimate of drug-likeness (QED) is 0.720. The van der Waals surface area contributed by atoms with Crippen LogP contribution in [0, 0.1) is 23.2 Å². The Hall–Kier alpha value is -2.18. The van der Waals surface area contributed by atoms with E-state index in [0.29, 0.717) is 17.8 Å². The fourth-order valence-corrected chi connectivity index (χ4v) is 7.57. The van der Waals surface area contributed by atoms with Gasteiger partial charge >= 0.3 is 0 Å². The molecule has 1 amide bonds. The van der Waals surface area contributed by atoms with Crippen molar-refractivity contribution in [2.75, 3.05) is 11.9 Å². The zero-order valence-corrected chi connectivity index (χ0v) is 17.8. The predicted octanol–water partition coefficient (Wildman–Crippen LogP) is 4.43. The Balaban J connectivity index is 1.29. The van der Waals surface area contributed by atoms with Crippen LogP contribution in [0.3, 0.4) is 0 Å². The predicted molar refractivity (Wildman–Crippen MR) is 117 cm³/mol. The zero-order valence-electron chi connectivity index (χ0n) is 17.0. The van der Waals surface area contributed by atoms with E-state index in [-0.39, 0.29) is 16.2 Å². The van der Waals surface area contributed by atoms with Crippen LogP contribution in [-0.2, 0) is 10.0 Å². The number of hydrogen-bond donors (Lipinski definition) is 2. The maximum atomic E-state index is 13.0. The summed E-state index contributed by atoms with van der Waals surface area (Å²) >= 11 is 0. The van der Waals surface area contributed by atoms with Crippen LogP contribution in [0.1, 0.15) is 48.9 Å². The molecule has 0 radical (unpaired) electrons. The number of benzene rings is 2. The van der Waals surface area contributed by atoms with Gasteiger partial charge in [-0.3, -0.25) is 4.79 Å². The van der Waals surface area contributed by atoms with Gasteiger partial charge in [0.1, 0.15) is 0 Å². The minimum Gasteiger partial charge on any atom is -0.322 e. The molecule has 158 valence electrons. The first-order valence-corrected chi connectivity index (χ1v) is 12.4. The second kappa shape index (κ2) is 7.50. The Bertz CT molecular complexity index is 1010. The van der Waals surface area contributed by atoms with Gasteiger partial charge in [-0.15, -0.1) is 0 Å². The fourth-order valence-electron chi connectivity index (χ4n) is 6.37. The number of rotatable bonds is 6. The monoisotopic (exact) mass is 424 g/mol. The zero-order chi connectivity index (χ0) is 20.8. The molecule has 0 atom stereocenters. The summed E-state index contributed by atoms with van der Waals surface area (Å²) in [6.07, 6.45) is 7.48. The highest BCUT2D eigenvalue weighted by atomic mass is 32.2. The van der Waals surface area contributed by atoms with Crippen molar-refractivity contribution in [2.45, 2.75) is 43.4 Å². The van der Waals surface area contributed by atoms with Crippen molar-refractivity contribution in [3.8, 4) is 0 Å². The number of para-hydroxylation sites is 1. The molecule has 2 N–H and O–H groups in total. The van der Waals surface area contributed by atoms with Gasteiger partial charge in [-0.25, -0.2) is 13.1 Å². The maximum absolute atomic E-state index is 13.0. The third-order valence-corrected chi connectivity index (χ3v) is 8.64. The van der Waals surface area contributed by atoms with Crippen LogP contribution in [0.25, 0.3) is 0 Å². The summed E-state index contributed by atoms with van der Waals surface area (Å²) in [4.78, 5) is 12.7. The molecule has 0 aliphatic heterocycles. The van der Waals surface area contributed by atoms with Crippen LogP contribution in [0.2, 0.25) is 0 Å². The number of amides is 1. The van der Waals surface area contributed by atoms with Crippen LogP contribution in [0.15, 0.2) is 59.5 Å². The van der Waals surface area contributed by atoms with Crippen LogP contribution in [-0.4, -0.2) is 20.9 Å². The van der Waals surface area contributed by atoms with Gasteiger partial charge in [0.2, 0.25) is 10.0 Å². The van der Waals surface area contributed by atoms with E-state index in [1.54, 1.807) is 30.3 Å². The van der Waals surface area contributed by atoms with E-state index in [4.69, 9.17) is 0 Å². The van der Waals surface area contributed by atoms with E-state index >= 15 is 0 Å². The minimum atomic E-state index is -3.66. The van der Waals surface area contributed by atoms with Gasteiger partial charge in [0.25, 0.3) is 5.91 Å². The van der Waals surface area contributed by atoms with Gasteiger partial charge in [0.15, 0.2) is 0 Å². The summed E-state index contributed by atoms with van der Waals surface area (Å²) in [6.45, 7) is 0.513. The third-order valence-electron chi connectivity index (χ3n) is 7.24. The highest BCUT2D eigenvalue weighted by Crippen LogP contribution is 2.59. The number of carbonyl (C=O) groups is 1. The second-order valence-electron chi connectivity index (χ2n) is 9.59. The molecule has 0 spiro atoms. The standard InChI is InChI=1S/C24H28N2O3S/c27-23(26-21-6-2-1-3-7-21)20-5-4-8-22(12-20)30(28,29)25-16-24-13-17-9-18(14-24)11-19(10-17)15-24/h1-8,12,17-19,25H,9-11,13-16H2,(H,26,27). The number of carbonyl (C=O) groups excluding carboxylic acids is 1. The first-order chi connectivity index (χ1) is 14.4. The highest BCUT2D eigenvalue weighted by molar-refractivity contribution is 7.89. The average Bonchev–Trinajstić information content (AvgIpc) is 2.72. The average molecular weight is 425 g/mol. The maximum Gasteiger partial charge on any atom is 0.255 e. The molecule has 4 aliphatic rings. The van der Waals surface area contributed by atoms with Crippen molar-refractivity contribution in [1.29, 1.82) is 0 Å². The molecule has 4 aliphatic carbocycles. The molecule has 0 unspecified atom stereocenters. The molecule has 0 aromatic heterocycles. The molecule has 0 heterocycles. The highest BCUT2D eigenvalue weighted by Gasteiger charge is 2.50. The summed E-state index contributed by atoms with van der Waals surface area (Å²) in [5.41, 5.74) is 1.14. The number of sulfonamides is 1. The molecule has 6 heteroatoms. The molecule has 4 saturated carbocycles. The Labute approximate surface area is 178 Å². The first-order valence-electron chi connectivity index (χ1n) is 10.9. The van der Waals surface area contributed by atoms with Crippen molar-refractivity contribution >= 4 is 21.6 Å². The van der Waals surface area contributed by atoms with E-state index in [1.807, 2.05) is 18.2 Å². The second-order valence-corrected chi connectivity index (χ2v) is 11.4. The van der Waals surface area contributed by atoms with E-state index in [9.17, 15) is 13.2 Å². The minimum absolute atomic E-state index is 0.129. The molecule has 0 saturated heterocycles. The lowest BCUT2D eigenvalue weighted by molar-refractivity contribution is -0.0487. The molecule has 2 aromatic rings. The topological polar surface area (TPSA) is 75.3 Å². The van der Waals surface area contributed by atoms with Gasteiger partial charge in [-0.1, -0.05) is 24.3 Å². The molecular formula is C24H28N2O3S. The van der Waals surface area contributed by atoms with Crippen molar-refractivity contribution in [3.05, 3.63) is 60.2 Å². The fraction of sp³-hybridized carbons (Fsp3) is 0.458. The molecular weight excluding hydrogens is 396 g/mol. The van der Waals surface area contributed by atoms with Crippen LogP contribution >= 0.6 is 0 Å². The Morgan fingerprint density at radius 2 is 1.53 bits per heavy atom. The van der Waals surface area contributed by atoms with E-state index in [2.05, 4.69) is 10.0 Å². The van der Waals surface area contributed by atoms with Crippen LogP contribution < -0.4 is 10.0 Å². The molecule has 4 bridgehead atoms. The molecule has 6 rings (SSSR count). The lowest BCUT2D eigenvalue weighted by Gasteiger charge is -2.56. The van der Waals surface area contributed by atoms with Gasteiger partial charge in [-0.2, -0.15) is 0 Å². The van der Waals surface area contributed by atoms with Crippen LogP contribution in [0.4, 0.5) is 5.69 Å². The number of anilines is 1. The van der Waals surface area contributed by atoms with Crippen molar-refractivity contribution in [1.82, 2.24) is 4.72 Å². The summed E-state index contributed by atoms with van der Waals surface area (Å²) in [6, 6.07) is 15.4. The first kappa shape index (κ1) is 19.8. The van der Waals surface area contributed by atoms with E-state index in [0.717, 1.165) is 37.0 Å². The summed E-state index contributed by atoms with van der Waals surface area (Å²) in [7, 11) is -3.66. The Kier molecular flexibility index (Phi) is 4.94. The summed E-state index contributed by atoms with van der Waals surface area (Å²) in [5.74, 6) is 2.03. The lowest BCUT2D eigenvalue weighted by Crippen LogP contribution is -2.51. The van der Waals surface area contributed by atoms with Gasteiger partial charge in [0, 0.05) is 17.8 Å². The van der Waals surface area contributed by atoms with Crippen molar-refractivity contribution in [2.24, 2.45) is 23.2 Å². The van der Waals surface area contributed by atoms with E-state index < -0.39 is 10.0 Å². The lowest BCUT2D eigenvalue weighted by atomic mass is 9.50. The van der Waals surface area contributed by atoms with Crippen molar-refractivity contribution < 1.29 is 13.2 Å². The number of nitrogens with one attached hydrogen (secondary N) is 2. The molecule has 5 nitrogen and oxygen atoms in total. The smallest absolute Gasteiger partial charge is 0.255 e.